The molecule has 1 aliphatic heterocycles. The van der Waals surface area contributed by atoms with Crippen LogP contribution in [0.1, 0.15) is 106 Å². The molecule has 7 N–H and O–H groups in total. The third-order valence-electron chi connectivity index (χ3n) is 13.9. The molecule has 6 rings (SSSR count). The van der Waals surface area contributed by atoms with Crippen molar-refractivity contribution in [2.75, 3.05) is 18.8 Å². The van der Waals surface area contributed by atoms with Gasteiger partial charge in [0.1, 0.15) is 6.04 Å². The van der Waals surface area contributed by atoms with Crippen LogP contribution in [0, 0.1) is 29.1 Å². The van der Waals surface area contributed by atoms with Gasteiger partial charge in [-0.3, -0.25) is 19.2 Å². The Hall–Kier alpha value is -3.18. The first kappa shape index (κ1) is 49.8. The van der Waals surface area contributed by atoms with Crippen molar-refractivity contribution < 1.29 is 42.0 Å². The summed E-state index contributed by atoms with van der Waals surface area (Å²) in [6.07, 6.45) is 3.31. The highest BCUT2D eigenvalue weighted by Gasteiger charge is 2.68. The Balaban J connectivity index is 1.19. The Morgan fingerprint density at radius 2 is 1.44 bits per heavy atom. The predicted molar refractivity (Wildman–Crippen MR) is 242 cm³/mol. The number of nitrogens with two attached hydrogens (primary N) is 2. The van der Waals surface area contributed by atoms with Crippen molar-refractivity contribution in [2.24, 2.45) is 40.6 Å². The summed E-state index contributed by atoms with van der Waals surface area (Å²) in [4.78, 5) is 55.0. The summed E-state index contributed by atoms with van der Waals surface area (Å²) in [5.74, 6) is -3.78. The molecule has 342 valence electrons. The molecule has 3 aliphatic carbocycles. The van der Waals surface area contributed by atoms with Gasteiger partial charge in [0.05, 0.1) is 40.4 Å². The highest BCUT2D eigenvalue weighted by molar-refractivity contribution is 7.91. The van der Waals surface area contributed by atoms with E-state index in [2.05, 4.69) is 31.4 Å². The molecule has 4 fully saturated rings. The van der Waals surface area contributed by atoms with Gasteiger partial charge in [-0.15, -0.1) is 0 Å². The van der Waals surface area contributed by atoms with E-state index in [-0.39, 0.29) is 47.3 Å². The fraction of sp³-hybridized carbons (Fsp3) is 0.652. The van der Waals surface area contributed by atoms with E-state index in [1.165, 1.54) is 19.1 Å². The summed E-state index contributed by atoms with van der Waals surface area (Å²) in [6, 6.07) is 11.3. The molecule has 10 atom stereocenters. The van der Waals surface area contributed by atoms with Crippen LogP contribution in [0.4, 0.5) is 0 Å². The molecule has 1 heterocycles. The first-order valence-electron chi connectivity index (χ1n) is 22.4. The normalized spacial score (nSPS) is 24.4. The predicted octanol–water partition coefficient (Wildman–Crippen LogP) is 5.68. The van der Waals surface area contributed by atoms with Crippen LogP contribution < -0.4 is 22.1 Å². The lowest BCUT2D eigenvalue weighted by atomic mass is 9.43. The van der Waals surface area contributed by atoms with Crippen LogP contribution in [0.25, 0.3) is 11.1 Å². The molecular weight excluding hydrogens is 831 g/mol. The van der Waals surface area contributed by atoms with Crippen molar-refractivity contribution >= 4 is 51.9 Å². The van der Waals surface area contributed by atoms with Crippen LogP contribution in [0.5, 0.6) is 0 Å². The number of halogens is 1. The molecule has 0 aromatic heterocycles. The van der Waals surface area contributed by atoms with Crippen molar-refractivity contribution in [3.05, 3.63) is 53.6 Å². The summed E-state index contributed by atoms with van der Waals surface area (Å²) >= 11 is 6.01. The number of sulfone groups is 1. The molecular formula is C46H68BClN4O9S. The smallest absolute Gasteiger partial charge is 0.405 e. The minimum Gasteiger partial charge on any atom is -0.405 e. The second-order valence-corrected chi connectivity index (χ2v) is 21.4. The quantitative estimate of drug-likeness (QED) is 0.0638. The zero-order valence-corrected chi connectivity index (χ0v) is 38.8. The summed E-state index contributed by atoms with van der Waals surface area (Å²) in [6.45, 7) is 12.3. The van der Waals surface area contributed by atoms with Gasteiger partial charge in [0.2, 0.25) is 11.8 Å². The number of hydrogen-bond acceptors (Lipinski definition) is 11. The van der Waals surface area contributed by atoms with Crippen LogP contribution in [0.3, 0.4) is 0 Å². The number of Topliss-reactive ketones (excluding diaryl/α,β-unsaturated/α-hetero) is 2. The number of aliphatic hydroxyl groups is 1. The Labute approximate surface area is 373 Å². The minimum atomic E-state index is -3.97. The van der Waals surface area contributed by atoms with Gasteiger partial charge < -0.3 is 36.5 Å². The van der Waals surface area contributed by atoms with E-state index in [9.17, 15) is 32.7 Å². The first-order valence-corrected chi connectivity index (χ1v) is 24.4. The Morgan fingerprint density at radius 3 is 2.02 bits per heavy atom. The van der Waals surface area contributed by atoms with Crippen molar-refractivity contribution in [3.8, 4) is 11.1 Å². The maximum absolute atomic E-state index is 13.8. The van der Waals surface area contributed by atoms with Crippen LogP contribution in [-0.2, 0) is 38.3 Å². The second-order valence-electron chi connectivity index (χ2n) is 18.9. The molecule has 1 saturated heterocycles. The van der Waals surface area contributed by atoms with Crippen LogP contribution in [0.2, 0.25) is 10.8 Å². The largest absolute Gasteiger partial charge is 0.461 e. The number of nitrogens with one attached hydrogen (secondary N) is 2. The third kappa shape index (κ3) is 11.7. The number of ketones is 2. The number of hydrogen-bond donors (Lipinski definition) is 5. The van der Waals surface area contributed by atoms with Gasteiger partial charge in [0.25, 0.3) is 0 Å². The van der Waals surface area contributed by atoms with Gasteiger partial charge in [0, 0.05) is 23.8 Å². The zero-order chi connectivity index (χ0) is 45.6. The Bertz CT molecular complexity index is 1990. The maximum atomic E-state index is 13.8. The number of carbonyl (C=O) groups excluding carboxylic acids is 4. The standard InChI is InChI=1S/C46H68BClN4O9S/c1-28(43(56)51-37(12-8-10-22-50)38(54)24-29(2)47-60-41-26-34-25-40(45(34,4)5)46(41,6)61-47)23-39(55)42(30(3)53)52-44(57)33(11-7-9-21-49)27-62(58,59)36-19-15-32(16-20-36)31-13-17-35(48)18-14-31/h13-20,28-30,33-34,37,40-42,53H,7-12,21-27,49-50H2,1-6H3,(H,51,56)(H,52,57)/t28-,29-,30-,33-,34+,37+,40+,41-,42+,46+/m1/s1. The summed E-state index contributed by atoms with van der Waals surface area (Å²) in [5.41, 5.74) is 12.9. The van der Waals surface area contributed by atoms with E-state index in [1.807, 2.05) is 19.1 Å². The molecule has 0 radical (unpaired) electrons. The van der Waals surface area contributed by atoms with Crippen molar-refractivity contribution in [3.63, 3.8) is 0 Å². The molecule has 0 spiro atoms. The number of rotatable bonds is 24. The van der Waals surface area contributed by atoms with Crippen molar-refractivity contribution in [1.82, 2.24) is 10.6 Å². The SMILES string of the molecule is C[C@H](CC(=O)[C@H](CCCCN)NC(=O)[C@H](C)CC(=O)[C@@H](NC(=O)[C@H](CCCCN)CS(=O)(=O)c1ccc(-c2ccc(Cl)cc2)cc1)[C@@H](C)O)B1O[C@@H]2C[C@@H]3C[C@@H](C3(C)C)[C@]2(C)O1. The zero-order valence-electron chi connectivity index (χ0n) is 37.2. The molecule has 2 aromatic rings. The van der Waals surface area contributed by atoms with Gasteiger partial charge >= 0.3 is 7.12 Å². The molecule has 2 bridgehead atoms. The highest BCUT2D eigenvalue weighted by atomic mass is 35.5. The van der Waals surface area contributed by atoms with E-state index < -0.39 is 75.9 Å². The van der Waals surface area contributed by atoms with E-state index in [4.69, 9.17) is 32.4 Å². The monoisotopic (exact) mass is 898 g/mol. The van der Waals surface area contributed by atoms with Gasteiger partial charge in [-0.25, -0.2) is 8.42 Å². The fourth-order valence-electron chi connectivity index (χ4n) is 9.77. The number of aliphatic hydroxyl groups excluding tert-OH is 1. The topological polar surface area (TPSA) is 217 Å². The summed E-state index contributed by atoms with van der Waals surface area (Å²) in [7, 11) is -4.51. The number of amides is 2. The highest BCUT2D eigenvalue weighted by Crippen LogP contribution is 2.66. The fourth-order valence-corrected chi connectivity index (χ4v) is 11.5. The molecule has 2 aromatic carbocycles. The van der Waals surface area contributed by atoms with Gasteiger partial charge in [0.15, 0.2) is 21.4 Å². The van der Waals surface area contributed by atoms with Crippen LogP contribution >= 0.6 is 11.6 Å². The van der Waals surface area contributed by atoms with E-state index in [0.29, 0.717) is 62.1 Å². The average molecular weight is 899 g/mol. The van der Waals surface area contributed by atoms with Crippen molar-refractivity contribution in [2.45, 2.75) is 146 Å². The van der Waals surface area contributed by atoms with E-state index >= 15 is 0 Å². The molecule has 16 heteroatoms. The number of carbonyl (C=O) groups is 4. The maximum Gasteiger partial charge on any atom is 0.461 e. The number of benzene rings is 2. The van der Waals surface area contributed by atoms with Gasteiger partial charge in [-0.2, -0.15) is 0 Å². The third-order valence-corrected chi connectivity index (χ3v) is 16.0. The van der Waals surface area contributed by atoms with Gasteiger partial charge in [-0.1, -0.05) is 70.0 Å². The second kappa shape index (κ2) is 21.2. The lowest BCUT2D eigenvalue weighted by Gasteiger charge is -2.64. The molecule has 3 saturated carbocycles. The molecule has 0 unspecified atom stereocenters. The Morgan fingerprint density at radius 1 is 0.839 bits per heavy atom. The lowest BCUT2D eigenvalue weighted by Crippen LogP contribution is -2.65. The van der Waals surface area contributed by atoms with Crippen LogP contribution in [-0.4, -0.2) is 92.8 Å². The molecule has 13 nitrogen and oxygen atoms in total. The van der Waals surface area contributed by atoms with E-state index in [1.54, 1.807) is 31.2 Å². The van der Waals surface area contributed by atoms with Gasteiger partial charge in [-0.05, 0) is 130 Å². The molecule has 4 aliphatic rings. The first-order chi connectivity index (χ1) is 29.2. The molecule has 62 heavy (non-hydrogen) atoms. The summed E-state index contributed by atoms with van der Waals surface area (Å²) < 4.78 is 40.4. The van der Waals surface area contributed by atoms with Crippen molar-refractivity contribution in [1.29, 1.82) is 0 Å². The Kier molecular flexibility index (Phi) is 17.0. The number of unbranched alkanes of at least 4 members (excludes halogenated alkanes) is 2. The average Bonchev–Trinajstić information content (AvgIpc) is 3.59. The van der Waals surface area contributed by atoms with E-state index in [0.717, 1.165) is 24.0 Å². The minimum absolute atomic E-state index is 0.0181. The molecule has 2 amide bonds. The lowest BCUT2D eigenvalue weighted by molar-refractivity contribution is -0.199. The van der Waals surface area contributed by atoms with Crippen LogP contribution in [0.15, 0.2) is 53.4 Å². The summed E-state index contributed by atoms with van der Waals surface area (Å²) in [5, 5.41) is 16.8.